The third-order valence-corrected chi connectivity index (χ3v) is 3.02. The molecule has 16 heavy (non-hydrogen) atoms. The number of rotatable bonds is 5. The molecule has 0 heterocycles. The van der Waals surface area contributed by atoms with Crippen LogP contribution in [0.3, 0.4) is 0 Å². The summed E-state index contributed by atoms with van der Waals surface area (Å²) in [6, 6.07) is 4.09. The monoisotopic (exact) mass is 241 g/mol. The van der Waals surface area contributed by atoms with E-state index in [1.54, 1.807) is 14.2 Å². The number of methoxy groups -OCH3 is 2. The molecular weight excluding hydrogens is 222 g/mol. The van der Waals surface area contributed by atoms with Crippen LogP contribution < -0.4 is 14.8 Å². The number of thiol groups is 1. The Labute approximate surface area is 103 Å². The van der Waals surface area contributed by atoms with Crippen molar-refractivity contribution in [3.8, 4) is 11.5 Å². The van der Waals surface area contributed by atoms with E-state index in [-0.39, 0.29) is 6.04 Å². The van der Waals surface area contributed by atoms with Gasteiger partial charge >= 0.3 is 0 Å². The Balaban J connectivity index is 3.25. The van der Waals surface area contributed by atoms with E-state index in [0.717, 1.165) is 28.4 Å². The molecule has 0 fully saturated rings. The van der Waals surface area contributed by atoms with Crippen molar-refractivity contribution in [2.24, 2.45) is 0 Å². The summed E-state index contributed by atoms with van der Waals surface area (Å²) in [5, 5.41) is 3.22. The molecule has 90 valence electrons. The first-order valence-electron chi connectivity index (χ1n) is 5.18. The topological polar surface area (TPSA) is 30.5 Å². The molecular formula is C12H19NO2S. The molecule has 1 rings (SSSR count). The minimum atomic E-state index is 0.184. The first-order chi connectivity index (χ1) is 7.67. The Morgan fingerprint density at radius 3 is 2.44 bits per heavy atom. The first-order valence-corrected chi connectivity index (χ1v) is 5.81. The van der Waals surface area contributed by atoms with Crippen LogP contribution in [0, 0.1) is 6.92 Å². The molecule has 0 aliphatic rings. The van der Waals surface area contributed by atoms with Gasteiger partial charge in [-0.15, -0.1) is 0 Å². The van der Waals surface area contributed by atoms with Gasteiger partial charge in [0.25, 0.3) is 0 Å². The minimum absolute atomic E-state index is 0.184. The van der Waals surface area contributed by atoms with Crippen LogP contribution in [0.15, 0.2) is 12.1 Å². The van der Waals surface area contributed by atoms with Crippen LogP contribution in [0.1, 0.15) is 17.2 Å². The molecule has 3 nitrogen and oxygen atoms in total. The van der Waals surface area contributed by atoms with Crippen molar-refractivity contribution in [3.05, 3.63) is 23.3 Å². The van der Waals surface area contributed by atoms with Crippen LogP contribution in [-0.4, -0.2) is 27.0 Å². The minimum Gasteiger partial charge on any atom is -0.497 e. The molecule has 1 atom stereocenters. The Morgan fingerprint density at radius 1 is 1.31 bits per heavy atom. The lowest BCUT2D eigenvalue weighted by Crippen LogP contribution is -2.19. The van der Waals surface area contributed by atoms with Gasteiger partial charge in [0.2, 0.25) is 0 Å². The lowest BCUT2D eigenvalue weighted by molar-refractivity contribution is 0.386. The second-order valence-corrected chi connectivity index (χ2v) is 3.95. The van der Waals surface area contributed by atoms with E-state index < -0.39 is 0 Å². The number of hydrogen-bond acceptors (Lipinski definition) is 4. The van der Waals surface area contributed by atoms with Crippen LogP contribution in [0.5, 0.6) is 11.5 Å². The van der Waals surface area contributed by atoms with Gasteiger partial charge in [-0.3, -0.25) is 0 Å². The predicted molar refractivity (Wildman–Crippen MR) is 69.9 cm³/mol. The maximum absolute atomic E-state index is 5.40. The molecule has 1 aromatic rings. The highest BCUT2D eigenvalue weighted by atomic mass is 32.1. The normalized spacial score (nSPS) is 12.3. The molecule has 1 aromatic carbocycles. The fourth-order valence-corrected chi connectivity index (χ4v) is 2.16. The molecule has 0 aliphatic heterocycles. The summed E-state index contributed by atoms with van der Waals surface area (Å²) in [6.07, 6.45) is 0. The average Bonchev–Trinajstić information content (AvgIpc) is 2.31. The van der Waals surface area contributed by atoms with Gasteiger partial charge in [0.05, 0.1) is 14.2 Å². The van der Waals surface area contributed by atoms with Crippen LogP contribution in [0.2, 0.25) is 0 Å². The van der Waals surface area contributed by atoms with Gasteiger partial charge in [-0.25, -0.2) is 0 Å². The summed E-state index contributed by atoms with van der Waals surface area (Å²) in [6.45, 7) is 2.05. The lowest BCUT2D eigenvalue weighted by Gasteiger charge is -2.20. The van der Waals surface area contributed by atoms with Crippen molar-refractivity contribution in [2.75, 3.05) is 27.0 Å². The highest BCUT2D eigenvalue weighted by Gasteiger charge is 2.17. The second-order valence-electron chi connectivity index (χ2n) is 3.58. The van der Waals surface area contributed by atoms with Gasteiger partial charge in [0, 0.05) is 23.4 Å². The van der Waals surface area contributed by atoms with Crippen molar-refractivity contribution < 1.29 is 9.47 Å². The zero-order valence-corrected chi connectivity index (χ0v) is 11.1. The molecule has 1 N–H and O–H groups in total. The van der Waals surface area contributed by atoms with E-state index in [9.17, 15) is 0 Å². The van der Waals surface area contributed by atoms with Gasteiger partial charge in [-0.1, -0.05) is 0 Å². The van der Waals surface area contributed by atoms with E-state index in [0.29, 0.717) is 0 Å². The standard InChI is InChI=1S/C12H19NO2S/c1-8-5-9(14-3)6-11(15-4)12(8)10(7-16)13-2/h5-6,10,13,16H,7H2,1-4H3. The Hall–Kier alpha value is -0.870. The fourth-order valence-electron chi connectivity index (χ4n) is 1.79. The van der Waals surface area contributed by atoms with Gasteiger partial charge in [-0.05, 0) is 25.6 Å². The Kier molecular flexibility index (Phi) is 4.96. The second kappa shape index (κ2) is 6.01. The third kappa shape index (κ3) is 2.62. The molecule has 4 heteroatoms. The van der Waals surface area contributed by atoms with E-state index in [2.05, 4.69) is 17.9 Å². The summed E-state index contributed by atoms with van der Waals surface area (Å²) < 4.78 is 10.6. The average molecular weight is 241 g/mol. The summed E-state index contributed by atoms with van der Waals surface area (Å²) >= 11 is 4.34. The van der Waals surface area contributed by atoms with Crippen molar-refractivity contribution in [2.45, 2.75) is 13.0 Å². The Morgan fingerprint density at radius 2 is 2.00 bits per heavy atom. The number of nitrogens with one attached hydrogen (secondary N) is 1. The molecule has 1 unspecified atom stereocenters. The quantitative estimate of drug-likeness (QED) is 0.775. The number of benzene rings is 1. The number of ether oxygens (including phenoxy) is 2. The van der Waals surface area contributed by atoms with E-state index in [1.807, 2.05) is 26.1 Å². The van der Waals surface area contributed by atoms with E-state index >= 15 is 0 Å². The Bertz CT molecular complexity index is 351. The highest BCUT2D eigenvalue weighted by molar-refractivity contribution is 7.80. The van der Waals surface area contributed by atoms with Gasteiger partial charge in [0.15, 0.2) is 0 Å². The molecule has 0 amide bonds. The first kappa shape index (κ1) is 13.2. The van der Waals surface area contributed by atoms with Crippen LogP contribution in [-0.2, 0) is 0 Å². The molecule has 0 radical (unpaired) electrons. The smallest absolute Gasteiger partial charge is 0.127 e. The zero-order chi connectivity index (χ0) is 12.1. The molecule has 0 aromatic heterocycles. The highest BCUT2D eigenvalue weighted by Crippen LogP contribution is 2.33. The predicted octanol–water partition coefficient (Wildman–Crippen LogP) is 2.20. The summed E-state index contributed by atoms with van der Waals surface area (Å²) in [4.78, 5) is 0. The largest absolute Gasteiger partial charge is 0.497 e. The van der Waals surface area contributed by atoms with Gasteiger partial charge in [0.1, 0.15) is 11.5 Å². The van der Waals surface area contributed by atoms with Crippen molar-refractivity contribution in [3.63, 3.8) is 0 Å². The molecule has 0 spiro atoms. The fraction of sp³-hybridized carbons (Fsp3) is 0.500. The summed E-state index contributed by atoms with van der Waals surface area (Å²) in [5.74, 6) is 2.37. The van der Waals surface area contributed by atoms with Crippen molar-refractivity contribution in [1.29, 1.82) is 0 Å². The SMILES string of the molecule is CNC(CS)c1c(C)cc(OC)cc1OC. The van der Waals surface area contributed by atoms with Gasteiger partial charge < -0.3 is 14.8 Å². The summed E-state index contributed by atoms with van der Waals surface area (Å²) in [5.41, 5.74) is 2.28. The number of hydrogen-bond donors (Lipinski definition) is 2. The van der Waals surface area contributed by atoms with E-state index in [4.69, 9.17) is 9.47 Å². The molecule has 0 aliphatic carbocycles. The maximum atomic E-state index is 5.40. The zero-order valence-electron chi connectivity index (χ0n) is 10.2. The van der Waals surface area contributed by atoms with Crippen LogP contribution in [0.25, 0.3) is 0 Å². The van der Waals surface area contributed by atoms with Crippen molar-refractivity contribution in [1.82, 2.24) is 5.32 Å². The van der Waals surface area contributed by atoms with Gasteiger partial charge in [-0.2, -0.15) is 12.6 Å². The lowest BCUT2D eigenvalue weighted by atomic mass is 10.0. The number of aryl methyl sites for hydroxylation is 1. The van der Waals surface area contributed by atoms with E-state index in [1.165, 1.54) is 0 Å². The molecule has 0 bridgehead atoms. The van der Waals surface area contributed by atoms with Crippen LogP contribution >= 0.6 is 12.6 Å². The third-order valence-electron chi connectivity index (χ3n) is 2.66. The summed E-state index contributed by atoms with van der Waals surface area (Å²) in [7, 11) is 5.25. The molecule has 0 saturated carbocycles. The molecule has 0 saturated heterocycles. The van der Waals surface area contributed by atoms with Crippen LogP contribution in [0.4, 0.5) is 0 Å². The van der Waals surface area contributed by atoms with Crippen molar-refractivity contribution >= 4 is 12.6 Å². The maximum Gasteiger partial charge on any atom is 0.127 e.